The van der Waals surface area contributed by atoms with Gasteiger partial charge in [-0.3, -0.25) is 0 Å². The molecule has 0 saturated carbocycles. The second kappa shape index (κ2) is 7.56. The van der Waals surface area contributed by atoms with E-state index in [1.807, 2.05) is 13.8 Å². The molecule has 0 amide bonds. The molecule has 0 aromatic carbocycles. The lowest BCUT2D eigenvalue weighted by molar-refractivity contribution is 0.501. The lowest BCUT2D eigenvalue weighted by Crippen LogP contribution is -2.30. The van der Waals surface area contributed by atoms with Crippen LogP contribution in [0.1, 0.15) is 53.9 Å². The maximum atomic E-state index is 5.53. The van der Waals surface area contributed by atoms with Crippen LogP contribution in [0.15, 0.2) is 0 Å². The fraction of sp³-hybridized carbons (Fsp3) is 1.00. The molecule has 0 aliphatic rings. The molecule has 12 heavy (non-hydrogen) atoms. The highest BCUT2D eigenvalue weighted by Crippen LogP contribution is 1.99. The third-order valence-corrected chi connectivity index (χ3v) is 1.96. The van der Waals surface area contributed by atoms with Gasteiger partial charge in [-0.1, -0.05) is 20.8 Å². The molecule has 0 aliphatic carbocycles. The van der Waals surface area contributed by atoms with Crippen molar-refractivity contribution in [3.63, 3.8) is 0 Å². The molecule has 0 aromatic heterocycles. The molecule has 2 nitrogen and oxygen atoms in total. The minimum Gasteiger partial charge on any atom is -0.328 e. The zero-order valence-corrected chi connectivity index (χ0v) is 9.35. The molecular formula is C10H26N2. The molecule has 0 bridgehead atoms. The maximum Gasteiger partial charge on any atom is 0.00944 e. The molecule has 0 rings (SSSR count). The largest absolute Gasteiger partial charge is 0.328 e. The Labute approximate surface area is 77.7 Å². The summed E-state index contributed by atoms with van der Waals surface area (Å²) < 4.78 is 0. The normalized spacial score (nSPS) is 11.0. The van der Waals surface area contributed by atoms with E-state index in [0.717, 1.165) is 19.3 Å². The molecule has 0 saturated heterocycles. The summed E-state index contributed by atoms with van der Waals surface area (Å²) in [6.45, 7) is 10.3. The van der Waals surface area contributed by atoms with E-state index in [2.05, 4.69) is 20.8 Å². The fourth-order valence-corrected chi connectivity index (χ4v) is 0.289. The van der Waals surface area contributed by atoms with Gasteiger partial charge in [0.1, 0.15) is 0 Å². The topological polar surface area (TPSA) is 52.0 Å². The third kappa shape index (κ3) is 16.5. The predicted molar refractivity (Wildman–Crippen MR) is 57.1 cm³/mol. The van der Waals surface area contributed by atoms with Crippen molar-refractivity contribution >= 4 is 0 Å². The molecule has 0 fully saturated rings. The number of hydrogen-bond donors (Lipinski definition) is 2. The summed E-state index contributed by atoms with van der Waals surface area (Å²) in [5.41, 5.74) is 11.0. The highest BCUT2D eigenvalue weighted by molar-refractivity contribution is 4.67. The van der Waals surface area contributed by atoms with E-state index in [9.17, 15) is 0 Å². The van der Waals surface area contributed by atoms with Gasteiger partial charge in [0.15, 0.2) is 0 Å². The molecule has 0 aromatic rings. The second-order valence-electron chi connectivity index (χ2n) is 3.92. The average molecular weight is 174 g/mol. The van der Waals surface area contributed by atoms with E-state index in [-0.39, 0.29) is 5.54 Å². The average Bonchev–Trinajstić information content (AvgIpc) is 2.03. The molecule has 0 atom stereocenters. The molecular weight excluding hydrogens is 148 g/mol. The van der Waals surface area contributed by atoms with Crippen LogP contribution in [-0.4, -0.2) is 11.6 Å². The number of rotatable bonds is 3. The van der Waals surface area contributed by atoms with Gasteiger partial charge >= 0.3 is 0 Å². The highest BCUT2D eigenvalue weighted by Gasteiger charge is 2.03. The van der Waals surface area contributed by atoms with Gasteiger partial charge in [-0.25, -0.2) is 0 Å². The van der Waals surface area contributed by atoms with Crippen molar-refractivity contribution in [2.45, 2.75) is 65.5 Å². The Bertz CT molecular complexity index is 80.3. The summed E-state index contributed by atoms with van der Waals surface area (Å²) in [4.78, 5) is 0. The Balaban J connectivity index is 0. The summed E-state index contributed by atoms with van der Waals surface area (Å²) in [5, 5.41) is 0. The van der Waals surface area contributed by atoms with Gasteiger partial charge in [0.2, 0.25) is 0 Å². The molecule has 0 unspecified atom stereocenters. The Morgan fingerprint density at radius 2 is 1.33 bits per heavy atom. The zero-order valence-electron chi connectivity index (χ0n) is 9.35. The van der Waals surface area contributed by atoms with E-state index in [1.54, 1.807) is 0 Å². The van der Waals surface area contributed by atoms with E-state index < -0.39 is 0 Å². The molecule has 0 radical (unpaired) electrons. The molecule has 2 heteroatoms. The lowest BCUT2D eigenvalue weighted by Gasteiger charge is -2.13. The first-order valence-corrected chi connectivity index (χ1v) is 4.91. The van der Waals surface area contributed by atoms with Crippen molar-refractivity contribution in [2.24, 2.45) is 11.5 Å². The van der Waals surface area contributed by atoms with Crippen LogP contribution < -0.4 is 11.5 Å². The summed E-state index contributed by atoms with van der Waals surface area (Å²) in [6, 6.07) is 0.435. The van der Waals surface area contributed by atoms with Crippen molar-refractivity contribution in [1.82, 2.24) is 0 Å². The fourth-order valence-electron chi connectivity index (χ4n) is 0.289. The Kier molecular flexibility index (Phi) is 9.10. The van der Waals surface area contributed by atoms with Gasteiger partial charge in [0, 0.05) is 11.6 Å². The first-order valence-electron chi connectivity index (χ1n) is 4.91. The van der Waals surface area contributed by atoms with E-state index in [4.69, 9.17) is 11.5 Å². The van der Waals surface area contributed by atoms with Gasteiger partial charge < -0.3 is 11.5 Å². The van der Waals surface area contributed by atoms with Gasteiger partial charge in [-0.2, -0.15) is 0 Å². The first-order chi connectivity index (χ1) is 5.37. The summed E-state index contributed by atoms with van der Waals surface area (Å²) in [7, 11) is 0. The molecule has 76 valence electrons. The Morgan fingerprint density at radius 1 is 1.08 bits per heavy atom. The monoisotopic (exact) mass is 174 g/mol. The number of nitrogens with two attached hydrogens (primary N) is 2. The van der Waals surface area contributed by atoms with Crippen LogP contribution in [0.25, 0.3) is 0 Å². The quantitative estimate of drug-likeness (QED) is 0.689. The molecule has 0 spiro atoms. The molecule has 0 heterocycles. The van der Waals surface area contributed by atoms with Crippen LogP contribution in [0, 0.1) is 0 Å². The smallest absolute Gasteiger partial charge is 0.00944 e. The lowest BCUT2D eigenvalue weighted by atomic mass is 10.1. The summed E-state index contributed by atoms with van der Waals surface area (Å²) >= 11 is 0. The highest BCUT2D eigenvalue weighted by atomic mass is 14.7. The van der Waals surface area contributed by atoms with E-state index in [0.29, 0.717) is 6.04 Å². The van der Waals surface area contributed by atoms with Crippen molar-refractivity contribution in [2.75, 3.05) is 0 Å². The van der Waals surface area contributed by atoms with Gasteiger partial charge in [0.05, 0.1) is 0 Å². The Hall–Kier alpha value is -0.0800. The van der Waals surface area contributed by atoms with Gasteiger partial charge in [-0.15, -0.1) is 0 Å². The van der Waals surface area contributed by atoms with Crippen LogP contribution in [0.5, 0.6) is 0 Å². The number of hydrogen-bond acceptors (Lipinski definition) is 2. The van der Waals surface area contributed by atoms with Crippen molar-refractivity contribution < 1.29 is 0 Å². The second-order valence-corrected chi connectivity index (χ2v) is 3.92. The molecule has 0 aliphatic heterocycles. The van der Waals surface area contributed by atoms with Gasteiger partial charge in [0.25, 0.3) is 0 Å². The Morgan fingerprint density at radius 3 is 1.33 bits per heavy atom. The maximum absolute atomic E-state index is 5.53. The minimum atomic E-state index is 0.0417. The van der Waals surface area contributed by atoms with Crippen LogP contribution in [0.4, 0.5) is 0 Å². The van der Waals surface area contributed by atoms with Crippen molar-refractivity contribution in [1.29, 1.82) is 0 Å². The summed E-state index contributed by atoms with van der Waals surface area (Å²) in [5.74, 6) is 0. The van der Waals surface area contributed by atoms with E-state index >= 15 is 0 Å². The van der Waals surface area contributed by atoms with Crippen LogP contribution in [0.2, 0.25) is 0 Å². The third-order valence-electron chi connectivity index (χ3n) is 1.96. The zero-order chi connectivity index (χ0) is 10.2. The predicted octanol–water partition coefficient (Wildman–Crippen LogP) is 2.27. The van der Waals surface area contributed by atoms with Crippen molar-refractivity contribution in [3.8, 4) is 0 Å². The standard InChI is InChI=1S/2C5H13N/c1-4-5(2,3)6;1-3-5(6)4-2/h4,6H2,1-3H3;5H,3-4,6H2,1-2H3. The first kappa shape index (κ1) is 14.4. The minimum absolute atomic E-state index is 0.0417. The van der Waals surface area contributed by atoms with E-state index in [1.165, 1.54) is 0 Å². The van der Waals surface area contributed by atoms with Crippen LogP contribution in [0.3, 0.4) is 0 Å². The van der Waals surface area contributed by atoms with Gasteiger partial charge in [-0.05, 0) is 33.1 Å². The summed E-state index contributed by atoms with van der Waals surface area (Å²) in [6.07, 6.45) is 3.26. The van der Waals surface area contributed by atoms with Crippen LogP contribution >= 0.6 is 0 Å². The SMILES string of the molecule is CCC(C)(C)N.CCC(N)CC. The van der Waals surface area contributed by atoms with Crippen molar-refractivity contribution in [3.05, 3.63) is 0 Å². The molecule has 4 N–H and O–H groups in total. The van der Waals surface area contributed by atoms with Crippen LogP contribution in [-0.2, 0) is 0 Å².